The molecule has 0 amide bonds. The molecule has 0 radical (unpaired) electrons. The molecule has 2 heterocycles. The van der Waals surface area contributed by atoms with E-state index in [-0.39, 0.29) is 22.1 Å². The Hall–Kier alpha value is -0.430. The Morgan fingerprint density at radius 2 is 2.23 bits per heavy atom. The first kappa shape index (κ1) is 9.14. The summed E-state index contributed by atoms with van der Waals surface area (Å²) in [4.78, 5) is 11.2. The molecule has 1 N–H and O–H groups in total. The number of hydrogen-bond acceptors (Lipinski definition) is 4. The van der Waals surface area contributed by atoms with Crippen molar-refractivity contribution in [1.82, 2.24) is 4.72 Å². The Labute approximate surface area is 83.6 Å². The number of Topliss-reactive ketones (excluding diaryl/α,β-unsaturated/α-hetero) is 1. The summed E-state index contributed by atoms with van der Waals surface area (Å²) in [7, 11) is -3.49. The first-order valence-electron chi connectivity index (χ1n) is 3.33. The molecule has 1 aromatic heterocycles. The third kappa shape index (κ3) is 1.39. The zero-order valence-electron chi connectivity index (χ0n) is 6.20. The highest BCUT2D eigenvalue weighted by molar-refractivity contribution is 7.91. The minimum Gasteiger partial charge on any atom is -0.293 e. The summed E-state index contributed by atoms with van der Waals surface area (Å²) < 4.78 is 25.1. The van der Waals surface area contributed by atoms with Crippen molar-refractivity contribution in [3.05, 3.63) is 16.0 Å². The molecule has 2 rings (SSSR count). The molecule has 13 heavy (non-hydrogen) atoms. The maximum absolute atomic E-state index is 11.3. The van der Waals surface area contributed by atoms with E-state index in [1.807, 2.05) is 0 Å². The third-order valence-corrected chi connectivity index (χ3v) is 4.83. The van der Waals surface area contributed by atoms with Crippen LogP contribution in [0, 0.1) is 0 Å². The van der Waals surface area contributed by atoms with Gasteiger partial charge in [-0.15, -0.1) is 11.3 Å². The van der Waals surface area contributed by atoms with E-state index in [1.54, 1.807) is 0 Å². The first-order chi connectivity index (χ1) is 6.00. The summed E-state index contributed by atoms with van der Waals surface area (Å²) in [5.41, 5.74) is 0.203. The van der Waals surface area contributed by atoms with Crippen LogP contribution >= 0.6 is 22.9 Å². The van der Waals surface area contributed by atoms with Crippen LogP contribution in [0.4, 0.5) is 0 Å². The van der Waals surface area contributed by atoms with Gasteiger partial charge in [-0.25, -0.2) is 13.1 Å². The highest BCUT2D eigenvalue weighted by atomic mass is 35.5. The fourth-order valence-electron chi connectivity index (χ4n) is 1.06. The van der Waals surface area contributed by atoms with Gasteiger partial charge in [0.25, 0.3) is 10.0 Å². The average Bonchev–Trinajstić information content (AvgIpc) is 2.42. The van der Waals surface area contributed by atoms with Crippen molar-refractivity contribution in [1.29, 1.82) is 0 Å². The van der Waals surface area contributed by atoms with Crippen LogP contribution in [-0.2, 0) is 10.0 Å². The molecule has 1 aliphatic heterocycles. The predicted octanol–water partition coefficient (Wildman–Crippen LogP) is 0.876. The third-order valence-electron chi connectivity index (χ3n) is 1.64. The van der Waals surface area contributed by atoms with Crippen LogP contribution in [0.25, 0.3) is 0 Å². The number of fused-ring (bicyclic) bond motifs is 1. The second-order valence-electron chi connectivity index (χ2n) is 2.50. The number of nitrogens with one attached hydrogen (secondary N) is 1. The second-order valence-corrected chi connectivity index (χ2v) is 6.15. The Morgan fingerprint density at radius 1 is 1.54 bits per heavy atom. The van der Waals surface area contributed by atoms with E-state index in [2.05, 4.69) is 4.72 Å². The molecule has 70 valence electrons. The van der Waals surface area contributed by atoms with Gasteiger partial charge in [0.05, 0.1) is 16.4 Å². The van der Waals surface area contributed by atoms with E-state index < -0.39 is 10.0 Å². The van der Waals surface area contributed by atoms with Crippen LogP contribution < -0.4 is 4.72 Å². The van der Waals surface area contributed by atoms with Crippen molar-refractivity contribution in [2.24, 2.45) is 0 Å². The SMILES string of the molecule is O=C1CNS(=O)(=O)c2sc(Cl)cc21. The predicted molar refractivity (Wildman–Crippen MR) is 48.8 cm³/mol. The minimum atomic E-state index is -3.49. The highest BCUT2D eigenvalue weighted by Gasteiger charge is 2.30. The van der Waals surface area contributed by atoms with E-state index >= 15 is 0 Å². The van der Waals surface area contributed by atoms with E-state index in [0.29, 0.717) is 4.34 Å². The number of rotatable bonds is 0. The number of sulfonamides is 1. The maximum Gasteiger partial charge on any atom is 0.251 e. The van der Waals surface area contributed by atoms with Crippen LogP contribution in [-0.4, -0.2) is 20.7 Å². The summed E-state index contributed by atoms with van der Waals surface area (Å²) in [5.74, 6) is -0.243. The van der Waals surface area contributed by atoms with Crippen LogP contribution in [0.1, 0.15) is 10.4 Å². The van der Waals surface area contributed by atoms with Gasteiger partial charge in [-0.05, 0) is 6.07 Å². The highest BCUT2D eigenvalue weighted by Crippen LogP contribution is 2.32. The van der Waals surface area contributed by atoms with E-state index in [0.717, 1.165) is 11.3 Å². The van der Waals surface area contributed by atoms with Gasteiger partial charge in [0, 0.05) is 0 Å². The molecular formula is C6H4ClNO3S2. The van der Waals surface area contributed by atoms with E-state index in [9.17, 15) is 13.2 Å². The smallest absolute Gasteiger partial charge is 0.251 e. The molecule has 1 aromatic rings. The summed E-state index contributed by atoms with van der Waals surface area (Å²) in [6, 6.07) is 1.39. The van der Waals surface area contributed by atoms with Gasteiger partial charge in [0.15, 0.2) is 5.78 Å². The van der Waals surface area contributed by atoms with Gasteiger partial charge in [-0.1, -0.05) is 11.6 Å². The van der Waals surface area contributed by atoms with Crippen molar-refractivity contribution in [2.75, 3.05) is 6.54 Å². The molecule has 0 atom stereocenters. The number of thiophene rings is 1. The number of hydrogen-bond donors (Lipinski definition) is 1. The molecule has 0 saturated heterocycles. The van der Waals surface area contributed by atoms with E-state index in [1.165, 1.54) is 6.07 Å². The van der Waals surface area contributed by atoms with Gasteiger partial charge in [-0.3, -0.25) is 4.79 Å². The number of carbonyl (C=O) groups excluding carboxylic acids is 1. The largest absolute Gasteiger partial charge is 0.293 e. The first-order valence-corrected chi connectivity index (χ1v) is 6.01. The van der Waals surface area contributed by atoms with Crippen molar-refractivity contribution in [2.45, 2.75) is 4.21 Å². The Balaban J connectivity index is 2.75. The maximum atomic E-state index is 11.3. The van der Waals surface area contributed by atoms with E-state index in [4.69, 9.17) is 11.6 Å². The number of halogens is 1. The molecule has 0 spiro atoms. The normalized spacial score (nSPS) is 19.9. The molecule has 0 aliphatic carbocycles. The van der Waals surface area contributed by atoms with Gasteiger partial charge in [0.2, 0.25) is 0 Å². The number of ketones is 1. The molecule has 0 aromatic carbocycles. The van der Waals surface area contributed by atoms with Crippen molar-refractivity contribution in [3.63, 3.8) is 0 Å². The monoisotopic (exact) mass is 237 g/mol. The van der Waals surface area contributed by atoms with Crippen LogP contribution in [0.2, 0.25) is 4.34 Å². The summed E-state index contributed by atoms with van der Waals surface area (Å²) in [6.07, 6.45) is 0. The fraction of sp³-hybridized carbons (Fsp3) is 0.167. The summed E-state index contributed by atoms with van der Waals surface area (Å²) >= 11 is 6.51. The minimum absolute atomic E-state index is 0.0220. The lowest BCUT2D eigenvalue weighted by Gasteiger charge is -2.10. The molecule has 0 unspecified atom stereocenters. The molecular weight excluding hydrogens is 234 g/mol. The lowest BCUT2D eigenvalue weighted by atomic mass is 10.2. The Kier molecular flexibility index (Phi) is 1.95. The quantitative estimate of drug-likeness (QED) is 0.729. The van der Waals surface area contributed by atoms with Crippen molar-refractivity contribution in [3.8, 4) is 0 Å². The topological polar surface area (TPSA) is 63.2 Å². The van der Waals surface area contributed by atoms with Crippen LogP contribution in [0.15, 0.2) is 10.3 Å². The van der Waals surface area contributed by atoms with Crippen molar-refractivity contribution < 1.29 is 13.2 Å². The lowest BCUT2D eigenvalue weighted by molar-refractivity contribution is 0.0991. The standard InChI is InChI=1S/C6H4ClNO3S2/c7-5-1-3-4(9)2-8-13(10,11)6(3)12-5/h1,8H,2H2. The van der Waals surface area contributed by atoms with Gasteiger partial charge >= 0.3 is 0 Å². The van der Waals surface area contributed by atoms with Crippen molar-refractivity contribution >= 4 is 38.7 Å². The zero-order valence-corrected chi connectivity index (χ0v) is 8.59. The Morgan fingerprint density at radius 3 is 2.85 bits per heavy atom. The summed E-state index contributed by atoms with van der Waals surface area (Å²) in [5, 5.41) is 0. The van der Waals surface area contributed by atoms with Gasteiger partial charge < -0.3 is 0 Å². The molecule has 4 nitrogen and oxygen atoms in total. The molecule has 0 bridgehead atoms. The fourth-order valence-corrected chi connectivity index (χ4v) is 3.97. The van der Waals surface area contributed by atoms with Crippen LogP contribution in [0.3, 0.4) is 0 Å². The lowest BCUT2D eigenvalue weighted by Crippen LogP contribution is -2.34. The van der Waals surface area contributed by atoms with Gasteiger partial charge in [-0.2, -0.15) is 0 Å². The average molecular weight is 238 g/mol. The molecule has 7 heteroatoms. The summed E-state index contributed by atoms with van der Waals surface area (Å²) in [6.45, 7) is -0.178. The zero-order chi connectivity index (χ0) is 9.64. The Bertz CT molecular complexity index is 476. The van der Waals surface area contributed by atoms with Crippen LogP contribution in [0.5, 0.6) is 0 Å². The molecule has 1 aliphatic rings. The molecule has 0 saturated carbocycles. The molecule has 0 fully saturated rings. The van der Waals surface area contributed by atoms with Gasteiger partial charge in [0.1, 0.15) is 4.21 Å². The number of carbonyl (C=O) groups is 1. The second kappa shape index (κ2) is 2.78.